The first-order chi connectivity index (χ1) is 6.20. The molecule has 0 aliphatic rings. The van der Waals surface area contributed by atoms with Crippen molar-refractivity contribution < 1.29 is 4.39 Å². The van der Waals surface area contributed by atoms with Crippen molar-refractivity contribution in [2.75, 3.05) is 0 Å². The molecule has 0 bridgehead atoms. The Bertz CT molecular complexity index is 505. The monoisotopic (exact) mass is 174 g/mol. The molecular formula is C10H7FN2. The smallest absolute Gasteiger partial charge is 0.141 e. The molecule has 2 nitrogen and oxygen atoms in total. The van der Waals surface area contributed by atoms with Gasteiger partial charge in [0, 0.05) is 24.7 Å². The maximum atomic E-state index is 13.1. The number of hydrogen-bond acceptors (Lipinski definition) is 1. The first-order valence-corrected chi connectivity index (χ1v) is 3.80. The van der Waals surface area contributed by atoms with Gasteiger partial charge in [-0.1, -0.05) is 5.92 Å². The third-order valence-electron chi connectivity index (χ3n) is 1.86. The van der Waals surface area contributed by atoms with E-state index >= 15 is 0 Å². The number of halogens is 1. The highest BCUT2D eigenvalue weighted by molar-refractivity contribution is 5.79. The molecular weight excluding hydrogens is 167 g/mol. The number of hydrogen-bond donors (Lipinski definition) is 0. The van der Waals surface area contributed by atoms with Crippen molar-refractivity contribution in [3.05, 3.63) is 29.7 Å². The van der Waals surface area contributed by atoms with Crippen molar-refractivity contribution in [1.82, 2.24) is 9.78 Å². The fourth-order valence-electron chi connectivity index (χ4n) is 1.28. The lowest BCUT2D eigenvalue weighted by Crippen LogP contribution is -1.85. The van der Waals surface area contributed by atoms with E-state index in [0.717, 1.165) is 5.39 Å². The van der Waals surface area contributed by atoms with Crippen LogP contribution in [0.2, 0.25) is 0 Å². The molecule has 0 aliphatic carbocycles. The van der Waals surface area contributed by atoms with E-state index in [1.807, 2.05) is 0 Å². The molecule has 64 valence electrons. The van der Waals surface area contributed by atoms with Crippen molar-refractivity contribution in [3.8, 4) is 12.3 Å². The molecule has 0 aliphatic heterocycles. The zero-order chi connectivity index (χ0) is 9.42. The molecule has 0 amide bonds. The van der Waals surface area contributed by atoms with Crippen LogP contribution in [0.4, 0.5) is 4.39 Å². The average Bonchev–Trinajstić information content (AvgIpc) is 2.42. The van der Waals surface area contributed by atoms with E-state index in [-0.39, 0.29) is 5.56 Å². The molecule has 13 heavy (non-hydrogen) atoms. The second-order valence-electron chi connectivity index (χ2n) is 2.84. The van der Waals surface area contributed by atoms with E-state index in [2.05, 4.69) is 11.0 Å². The maximum absolute atomic E-state index is 13.1. The fraction of sp³-hybridized carbons (Fsp3) is 0.100. The van der Waals surface area contributed by atoms with Gasteiger partial charge in [0.1, 0.15) is 5.82 Å². The van der Waals surface area contributed by atoms with Gasteiger partial charge in [0.15, 0.2) is 0 Å². The van der Waals surface area contributed by atoms with Crippen LogP contribution in [0, 0.1) is 18.2 Å². The van der Waals surface area contributed by atoms with E-state index in [0.29, 0.717) is 5.52 Å². The van der Waals surface area contributed by atoms with Gasteiger partial charge in [0.05, 0.1) is 11.1 Å². The summed E-state index contributed by atoms with van der Waals surface area (Å²) in [6, 6.07) is 2.97. The van der Waals surface area contributed by atoms with Gasteiger partial charge in [-0.2, -0.15) is 5.10 Å². The number of rotatable bonds is 0. The fourth-order valence-corrected chi connectivity index (χ4v) is 1.28. The number of nitrogens with zero attached hydrogens (tertiary/aromatic N) is 2. The predicted molar refractivity (Wildman–Crippen MR) is 48.6 cm³/mol. The summed E-state index contributed by atoms with van der Waals surface area (Å²) in [7, 11) is 1.79. The van der Waals surface area contributed by atoms with E-state index in [1.165, 1.54) is 6.07 Å². The van der Waals surface area contributed by atoms with Crippen LogP contribution >= 0.6 is 0 Å². The van der Waals surface area contributed by atoms with Gasteiger partial charge in [-0.25, -0.2) is 4.39 Å². The summed E-state index contributed by atoms with van der Waals surface area (Å²) in [5.41, 5.74) is 0.902. The molecule has 1 heterocycles. The maximum Gasteiger partial charge on any atom is 0.141 e. The summed E-state index contributed by atoms with van der Waals surface area (Å²) < 4.78 is 14.8. The first kappa shape index (κ1) is 7.81. The Morgan fingerprint density at radius 1 is 1.54 bits per heavy atom. The molecule has 3 heteroatoms. The number of aryl methyl sites for hydroxylation is 1. The molecule has 2 rings (SSSR count). The van der Waals surface area contributed by atoms with Gasteiger partial charge in [-0.15, -0.1) is 6.42 Å². The molecule has 0 spiro atoms. The van der Waals surface area contributed by atoms with E-state index in [9.17, 15) is 4.39 Å². The predicted octanol–water partition coefficient (Wildman–Crippen LogP) is 1.69. The van der Waals surface area contributed by atoms with Crippen molar-refractivity contribution in [2.45, 2.75) is 0 Å². The molecule has 0 saturated heterocycles. The summed E-state index contributed by atoms with van der Waals surface area (Å²) in [5.74, 6) is 1.89. The quantitative estimate of drug-likeness (QED) is 0.556. The van der Waals surface area contributed by atoms with Gasteiger partial charge in [-0.3, -0.25) is 4.68 Å². The first-order valence-electron chi connectivity index (χ1n) is 3.80. The van der Waals surface area contributed by atoms with E-state index < -0.39 is 5.82 Å². The minimum Gasteiger partial charge on any atom is -0.275 e. The lowest BCUT2D eigenvalue weighted by Gasteiger charge is -1.92. The summed E-state index contributed by atoms with van der Waals surface area (Å²) in [5, 5.41) is 4.92. The lowest BCUT2D eigenvalue weighted by atomic mass is 10.1. The normalized spacial score (nSPS) is 10.2. The highest BCUT2D eigenvalue weighted by atomic mass is 19.1. The molecule has 1 aromatic heterocycles. The van der Waals surface area contributed by atoms with Gasteiger partial charge in [0.2, 0.25) is 0 Å². The highest BCUT2D eigenvalue weighted by Gasteiger charge is 2.04. The van der Waals surface area contributed by atoms with E-state index in [4.69, 9.17) is 6.42 Å². The minimum absolute atomic E-state index is 0.278. The minimum atomic E-state index is -0.395. The molecule has 0 radical (unpaired) electrons. The van der Waals surface area contributed by atoms with Crippen LogP contribution in [0.3, 0.4) is 0 Å². The third-order valence-corrected chi connectivity index (χ3v) is 1.86. The van der Waals surface area contributed by atoms with Crippen LogP contribution in [0.1, 0.15) is 5.56 Å². The van der Waals surface area contributed by atoms with Gasteiger partial charge >= 0.3 is 0 Å². The lowest BCUT2D eigenvalue weighted by molar-refractivity contribution is 0.625. The molecule has 2 aromatic rings. The van der Waals surface area contributed by atoms with Crippen LogP contribution in [0.25, 0.3) is 10.9 Å². The Labute approximate surface area is 75.0 Å². The summed E-state index contributed by atoms with van der Waals surface area (Å²) >= 11 is 0. The zero-order valence-corrected chi connectivity index (χ0v) is 7.08. The standard InChI is InChI=1S/C10H7FN2/c1-3-7-4-8-6-13(2)12-10(8)5-9(7)11/h1,4-6H,2H3. The van der Waals surface area contributed by atoms with E-state index in [1.54, 1.807) is 24.0 Å². The number of benzene rings is 1. The zero-order valence-electron chi connectivity index (χ0n) is 7.08. The number of fused-ring (bicyclic) bond motifs is 1. The van der Waals surface area contributed by atoms with Crippen LogP contribution in [0.5, 0.6) is 0 Å². The second kappa shape index (κ2) is 2.60. The molecule has 0 fully saturated rings. The van der Waals surface area contributed by atoms with Gasteiger partial charge in [-0.05, 0) is 6.07 Å². The van der Waals surface area contributed by atoms with Gasteiger partial charge in [0.25, 0.3) is 0 Å². The Morgan fingerprint density at radius 3 is 3.00 bits per heavy atom. The number of aromatic nitrogens is 2. The van der Waals surface area contributed by atoms with Crippen molar-refractivity contribution in [2.24, 2.45) is 7.05 Å². The van der Waals surface area contributed by atoms with Crippen molar-refractivity contribution >= 4 is 10.9 Å². The molecule has 0 unspecified atom stereocenters. The molecule has 0 saturated carbocycles. The third kappa shape index (κ3) is 1.17. The van der Waals surface area contributed by atoms with Crippen LogP contribution in [-0.4, -0.2) is 9.78 Å². The number of terminal acetylenes is 1. The summed E-state index contributed by atoms with van der Waals surface area (Å²) in [6.07, 6.45) is 6.93. The van der Waals surface area contributed by atoms with Crippen molar-refractivity contribution in [3.63, 3.8) is 0 Å². The highest BCUT2D eigenvalue weighted by Crippen LogP contribution is 2.16. The van der Waals surface area contributed by atoms with Crippen LogP contribution < -0.4 is 0 Å². The average molecular weight is 174 g/mol. The Balaban J connectivity index is 2.82. The molecule has 0 atom stereocenters. The molecule has 1 aromatic carbocycles. The van der Waals surface area contributed by atoms with Gasteiger partial charge < -0.3 is 0 Å². The van der Waals surface area contributed by atoms with Crippen LogP contribution in [-0.2, 0) is 7.05 Å². The van der Waals surface area contributed by atoms with Crippen molar-refractivity contribution in [1.29, 1.82) is 0 Å². The second-order valence-corrected chi connectivity index (χ2v) is 2.84. The topological polar surface area (TPSA) is 17.8 Å². The Hall–Kier alpha value is -1.82. The largest absolute Gasteiger partial charge is 0.275 e. The summed E-state index contributed by atoms with van der Waals surface area (Å²) in [6.45, 7) is 0. The Kier molecular flexibility index (Phi) is 1.56. The molecule has 0 N–H and O–H groups in total. The SMILES string of the molecule is C#Cc1cc2cn(C)nc2cc1F. The van der Waals surface area contributed by atoms with Crippen LogP contribution in [0.15, 0.2) is 18.3 Å². The summed E-state index contributed by atoms with van der Waals surface area (Å²) in [4.78, 5) is 0. The Morgan fingerprint density at radius 2 is 2.31 bits per heavy atom.